The van der Waals surface area contributed by atoms with Crippen molar-refractivity contribution in [2.45, 2.75) is 25.4 Å². The van der Waals surface area contributed by atoms with E-state index in [0.29, 0.717) is 6.61 Å². The monoisotopic (exact) mass is 240 g/mol. The van der Waals surface area contributed by atoms with Gasteiger partial charge in [-0.3, -0.25) is 0 Å². The van der Waals surface area contributed by atoms with Gasteiger partial charge in [-0.25, -0.2) is 0 Å². The van der Waals surface area contributed by atoms with Crippen LogP contribution < -0.4 is 0 Å². The first-order chi connectivity index (χ1) is 8.70. The molecule has 0 spiro atoms. The lowest BCUT2D eigenvalue weighted by molar-refractivity contribution is 0.0259. The predicted molar refractivity (Wildman–Crippen MR) is 77.3 cm³/mol. The van der Waals surface area contributed by atoms with E-state index >= 15 is 0 Å². The maximum absolute atomic E-state index is 5.76. The molecule has 0 aliphatic rings. The van der Waals surface area contributed by atoms with Gasteiger partial charge in [-0.1, -0.05) is 42.2 Å². The summed E-state index contributed by atoms with van der Waals surface area (Å²) in [4.78, 5) is 0. The third-order valence-electron chi connectivity index (χ3n) is 2.59. The van der Waals surface area contributed by atoms with Crippen LogP contribution in [0.25, 0.3) is 0 Å². The van der Waals surface area contributed by atoms with Crippen molar-refractivity contribution in [3.05, 3.63) is 61.2 Å². The zero-order valence-corrected chi connectivity index (χ0v) is 11.0. The van der Waals surface area contributed by atoms with Crippen LogP contribution in [0.2, 0.25) is 0 Å². The van der Waals surface area contributed by atoms with E-state index in [-0.39, 0.29) is 0 Å². The molecule has 0 heterocycles. The molecule has 0 amide bonds. The van der Waals surface area contributed by atoms with E-state index in [2.05, 4.69) is 25.0 Å². The number of allylic oxidation sites excluding steroid dienone is 1. The first-order valence-electron chi connectivity index (χ1n) is 6.14. The predicted octanol–water partition coefficient (Wildman–Crippen LogP) is 3.97. The number of rotatable bonds is 6. The summed E-state index contributed by atoms with van der Waals surface area (Å²) < 4.78 is 5.76. The highest BCUT2D eigenvalue weighted by Crippen LogP contribution is 2.17. The number of hydrogen-bond donors (Lipinski definition) is 0. The second-order valence-corrected chi connectivity index (χ2v) is 4.27. The summed E-state index contributed by atoms with van der Waals surface area (Å²) in [6.45, 7) is 9.93. The number of hydrogen-bond acceptors (Lipinski definition) is 1. The Hall–Kier alpha value is -1.78. The van der Waals surface area contributed by atoms with Crippen molar-refractivity contribution in [2.75, 3.05) is 6.61 Å². The van der Waals surface area contributed by atoms with E-state index in [1.165, 1.54) is 0 Å². The minimum absolute atomic E-state index is 0.446. The van der Waals surface area contributed by atoms with Crippen LogP contribution in [-0.4, -0.2) is 12.2 Å². The van der Waals surface area contributed by atoms with Gasteiger partial charge in [0.05, 0.1) is 6.61 Å². The Morgan fingerprint density at radius 1 is 1.22 bits per heavy atom. The largest absolute Gasteiger partial charge is 0.359 e. The van der Waals surface area contributed by atoms with Crippen LogP contribution in [-0.2, 0) is 4.74 Å². The summed E-state index contributed by atoms with van der Waals surface area (Å²) in [7, 11) is 0. The van der Waals surface area contributed by atoms with Gasteiger partial charge < -0.3 is 4.74 Å². The van der Waals surface area contributed by atoms with Crippen LogP contribution in [0.1, 0.15) is 25.3 Å². The molecule has 0 N–H and O–H groups in total. The van der Waals surface area contributed by atoms with Gasteiger partial charge in [0.2, 0.25) is 0 Å². The Morgan fingerprint density at radius 2 is 1.94 bits per heavy atom. The van der Waals surface area contributed by atoms with Crippen molar-refractivity contribution in [1.82, 2.24) is 0 Å². The first kappa shape index (κ1) is 14.3. The molecule has 0 fully saturated rings. The van der Waals surface area contributed by atoms with Crippen LogP contribution in [0.4, 0.5) is 0 Å². The Labute approximate surface area is 110 Å². The summed E-state index contributed by atoms with van der Waals surface area (Å²) in [6, 6.07) is 9.94. The van der Waals surface area contributed by atoms with E-state index in [4.69, 9.17) is 4.74 Å². The minimum atomic E-state index is -0.446. The van der Waals surface area contributed by atoms with Crippen molar-refractivity contribution in [1.29, 1.82) is 0 Å². The van der Waals surface area contributed by atoms with Crippen LogP contribution in [0, 0.1) is 11.8 Å². The minimum Gasteiger partial charge on any atom is -0.359 e. The first-order valence-corrected chi connectivity index (χ1v) is 6.14. The van der Waals surface area contributed by atoms with Gasteiger partial charge in [0, 0.05) is 5.56 Å². The second-order valence-electron chi connectivity index (χ2n) is 4.27. The van der Waals surface area contributed by atoms with E-state index in [9.17, 15) is 0 Å². The van der Waals surface area contributed by atoms with Crippen LogP contribution >= 0.6 is 0 Å². The molecule has 18 heavy (non-hydrogen) atoms. The maximum Gasteiger partial charge on any atom is 0.126 e. The van der Waals surface area contributed by atoms with E-state index in [0.717, 1.165) is 18.4 Å². The van der Waals surface area contributed by atoms with Gasteiger partial charge in [0.1, 0.15) is 5.60 Å². The van der Waals surface area contributed by atoms with Crippen molar-refractivity contribution in [3.8, 4) is 11.8 Å². The fourth-order valence-corrected chi connectivity index (χ4v) is 1.52. The summed E-state index contributed by atoms with van der Waals surface area (Å²) in [5, 5.41) is 0. The molecule has 1 aromatic rings. The molecular weight excluding hydrogens is 220 g/mol. The molecule has 1 atom stereocenters. The molecule has 1 nitrogen and oxygen atoms in total. The van der Waals surface area contributed by atoms with Gasteiger partial charge >= 0.3 is 0 Å². The molecule has 0 aromatic heterocycles. The number of ether oxygens (including phenoxy) is 1. The highest BCUT2D eigenvalue weighted by atomic mass is 16.5. The molecule has 0 bridgehead atoms. The highest BCUT2D eigenvalue weighted by molar-refractivity contribution is 5.35. The van der Waals surface area contributed by atoms with Crippen LogP contribution in [0.3, 0.4) is 0 Å². The molecule has 0 saturated carbocycles. The van der Waals surface area contributed by atoms with Gasteiger partial charge in [-0.2, -0.15) is 0 Å². The molecule has 0 saturated heterocycles. The SMILES string of the molecule is C=CCCC(C)(C#Cc1ccccc1)OCC=C. The fraction of sp³-hybridized carbons (Fsp3) is 0.294. The molecule has 0 aliphatic carbocycles. The Kier molecular flexibility index (Phi) is 5.97. The average Bonchev–Trinajstić information content (AvgIpc) is 2.42. The summed E-state index contributed by atoms with van der Waals surface area (Å²) in [5.41, 5.74) is 0.558. The lowest BCUT2D eigenvalue weighted by Gasteiger charge is -2.23. The fourth-order valence-electron chi connectivity index (χ4n) is 1.52. The molecule has 94 valence electrons. The molecule has 0 aliphatic heterocycles. The Bertz CT molecular complexity index is 422. The molecule has 1 unspecified atom stereocenters. The molecule has 1 rings (SSSR count). The Balaban J connectivity index is 2.80. The third-order valence-corrected chi connectivity index (χ3v) is 2.59. The van der Waals surface area contributed by atoms with E-state index in [1.807, 2.05) is 43.3 Å². The zero-order valence-electron chi connectivity index (χ0n) is 11.0. The Morgan fingerprint density at radius 3 is 2.56 bits per heavy atom. The van der Waals surface area contributed by atoms with Crippen LogP contribution in [0.5, 0.6) is 0 Å². The average molecular weight is 240 g/mol. The second kappa shape index (κ2) is 7.53. The third kappa shape index (κ3) is 5.03. The molecule has 0 radical (unpaired) electrons. The van der Waals surface area contributed by atoms with Gasteiger partial charge in [0.15, 0.2) is 0 Å². The topological polar surface area (TPSA) is 9.23 Å². The van der Waals surface area contributed by atoms with Crippen molar-refractivity contribution in [2.24, 2.45) is 0 Å². The standard InChI is InChI=1S/C17H20O/c1-4-6-13-17(3,18-15-5-2)14-12-16-10-8-7-9-11-16/h4-5,7-11H,1-2,6,13,15H2,3H3. The zero-order chi connectivity index (χ0) is 13.3. The van der Waals surface area contributed by atoms with Crippen LogP contribution in [0.15, 0.2) is 55.6 Å². The van der Waals surface area contributed by atoms with E-state index in [1.54, 1.807) is 6.08 Å². The normalized spacial score (nSPS) is 12.9. The lowest BCUT2D eigenvalue weighted by Crippen LogP contribution is -2.26. The van der Waals surface area contributed by atoms with Crippen molar-refractivity contribution < 1.29 is 4.74 Å². The quantitative estimate of drug-likeness (QED) is 0.540. The van der Waals surface area contributed by atoms with Crippen molar-refractivity contribution in [3.63, 3.8) is 0 Å². The summed E-state index contributed by atoms with van der Waals surface area (Å²) in [6.07, 6.45) is 5.36. The highest BCUT2D eigenvalue weighted by Gasteiger charge is 2.20. The van der Waals surface area contributed by atoms with Gasteiger partial charge in [-0.15, -0.1) is 13.2 Å². The van der Waals surface area contributed by atoms with E-state index < -0.39 is 5.60 Å². The number of benzene rings is 1. The molecular formula is C17H20O. The van der Waals surface area contributed by atoms with Gasteiger partial charge in [-0.05, 0) is 31.9 Å². The van der Waals surface area contributed by atoms with Crippen molar-refractivity contribution >= 4 is 0 Å². The molecule has 1 aromatic carbocycles. The molecule has 1 heteroatoms. The summed E-state index contributed by atoms with van der Waals surface area (Å²) in [5.74, 6) is 6.37. The summed E-state index contributed by atoms with van der Waals surface area (Å²) >= 11 is 0. The smallest absolute Gasteiger partial charge is 0.126 e. The van der Waals surface area contributed by atoms with Gasteiger partial charge in [0.25, 0.3) is 0 Å². The maximum atomic E-state index is 5.76. The lowest BCUT2D eigenvalue weighted by atomic mass is 10.00.